The molecule has 0 radical (unpaired) electrons. The molecule has 10 nitrogen and oxygen atoms in total. The van der Waals surface area contributed by atoms with E-state index in [4.69, 9.17) is 48.8 Å². The van der Waals surface area contributed by atoms with E-state index in [9.17, 15) is 10.1 Å². The zero-order valence-electron chi connectivity index (χ0n) is 14.5. The summed E-state index contributed by atoms with van der Waals surface area (Å²) in [5, 5.41) is 15.5. The second-order valence-corrected chi connectivity index (χ2v) is 8.54. The second-order valence-electron chi connectivity index (χ2n) is 6.26. The first-order chi connectivity index (χ1) is 12.7. The zero-order valence-corrected chi connectivity index (χ0v) is 16.8. The average molecular weight is 441 g/mol. The van der Waals surface area contributed by atoms with Crippen LogP contribution in [0.15, 0.2) is 14.5 Å². The number of aliphatic imine (C=N–C) groups is 2. The molecule has 3 rings (SSSR count). The van der Waals surface area contributed by atoms with E-state index in [0.717, 1.165) is 0 Å². The SMILES string of the molecule is COC1=NC2CC([N+](=O)[O-])C(C)C(c3noc(C(Cl)(Cl)Cl)n3)C2N=C1OC. The van der Waals surface area contributed by atoms with E-state index in [2.05, 4.69) is 20.1 Å². The zero-order chi connectivity index (χ0) is 19.9. The summed E-state index contributed by atoms with van der Waals surface area (Å²) in [5.41, 5.74) is 0. The van der Waals surface area contributed by atoms with Gasteiger partial charge in [-0.3, -0.25) is 10.1 Å². The number of aromatic nitrogens is 2. The molecule has 1 aliphatic carbocycles. The molecule has 1 fully saturated rings. The Labute approximate surface area is 169 Å². The minimum atomic E-state index is -1.90. The maximum absolute atomic E-state index is 11.6. The summed E-state index contributed by atoms with van der Waals surface area (Å²) in [6.07, 6.45) is 0.192. The molecule has 2 heterocycles. The molecule has 5 unspecified atom stereocenters. The van der Waals surface area contributed by atoms with Crippen LogP contribution in [-0.2, 0) is 13.3 Å². The van der Waals surface area contributed by atoms with E-state index >= 15 is 0 Å². The van der Waals surface area contributed by atoms with Crippen LogP contribution in [-0.4, -0.2) is 59.2 Å². The van der Waals surface area contributed by atoms with Gasteiger partial charge in [-0.1, -0.05) is 46.9 Å². The lowest BCUT2D eigenvalue weighted by Crippen LogP contribution is -2.51. The maximum atomic E-state index is 11.6. The van der Waals surface area contributed by atoms with Crippen LogP contribution in [0.3, 0.4) is 0 Å². The molecule has 0 spiro atoms. The average Bonchev–Trinajstić information content (AvgIpc) is 3.09. The van der Waals surface area contributed by atoms with Gasteiger partial charge in [-0.15, -0.1) is 0 Å². The van der Waals surface area contributed by atoms with Crippen molar-refractivity contribution in [2.75, 3.05) is 14.2 Å². The van der Waals surface area contributed by atoms with Crippen molar-refractivity contribution >= 4 is 46.6 Å². The molecule has 1 aliphatic heterocycles. The summed E-state index contributed by atoms with van der Waals surface area (Å²) in [6, 6.07) is -1.90. The van der Waals surface area contributed by atoms with Crippen molar-refractivity contribution in [3.63, 3.8) is 0 Å². The molecule has 0 bridgehead atoms. The van der Waals surface area contributed by atoms with Gasteiger partial charge in [0.25, 0.3) is 21.5 Å². The Morgan fingerprint density at radius 1 is 1.22 bits per heavy atom. The topological polar surface area (TPSA) is 125 Å². The Balaban J connectivity index is 2.05. The van der Waals surface area contributed by atoms with E-state index in [-0.39, 0.29) is 34.9 Å². The maximum Gasteiger partial charge on any atom is 0.278 e. The van der Waals surface area contributed by atoms with E-state index in [1.165, 1.54) is 14.2 Å². The third kappa shape index (κ3) is 3.70. The predicted molar refractivity (Wildman–Crippen MR) is 97.3 cm³/mol. The number of rotatable bonds is 2. The van der Waals surface area contributed by atoms with Gasteiger partial charge in [0.15, 0.2) is 5.82 Å². The van der Waals surface area contributed by atoms with Crippen LogP contribution >= 0.6 is 34.8 Å². The Kier molecular flexibility index (Phi) is 5.51. The molecule has 2 aliphatic rings. The fourth-order valence-electron chi connectivity index (χ4n) is 3.51. The molecule has 1 aromatic rings. The summed E-state index contributed by atoms with van der Waals surface area (Å²) in [6.45, 7) is 1.73. The molecule has 0 saturated heterocycles. The van der Waals surface area contributed by atoms with Gasteiger partial charge in [0.05, 0.1) is 32.2 Å². The smallest absolute Gasteiger partial charge is 0.278 e. The summed E-state index contributed by atoms with van der Waals surface area (Å²) >= 11 is 17.4. The van der Waals surface area contributed by atoms with Gasteiger partial charge >= 0.3 is 0 Å². The fourth-order valence-corrected chi connectivity index (χ4v) is 3.74. The fraction of sp³-hybridized carbons (Fsp3) is 0.714. The van der Waals surface area contributed by atoms with Crippen molar-refractivity contribution in [1.82, 2.24) is 10.1 Å². The number of nitrogens with zero attached hydrogens (tertiary/aromatic N) is 5. The summed E-state index contributed by atoms with van der Waals surface area (Å²) in [5.74, 6) is -0.729. The lowest BCUT2D eigenvalue weighted by molar-refractivity contribution is -0.536. The molecular weight excluding hydrogens is 425 g/mol. The normalized spacial score (nSPS) is 30.8. The first-order valence-corrected chi connectivity index (χ1v) is 9.09. The standard InChI is InChI=1S/C14H16Cl3N5O5/c1-5-7(22(23)24)4-6-9(19-12(26-3)11(18-6)25-2)8(5)10-20-13(27-21-10)14(15,16)17/h5-9H,4H2,1-3H3. The highest BCUT2D eigenvalue weighted by molar-refractivity contribution is 6.66. The van der Waals surface area contributed by atoms with Crippen molar-refractivity contribution < 1.29 is 18.9 Å². The molecule has 27 heavy (non-hydrogen) atoms. The number of alkyl halides is 3. The minimum Gasteiger partial charge on any atom is -0.477 e. The molecule has 5 atom stereocenters. The number of methoxy groups -OCH3 is 2. The van der Waals surface area contributed by atoms with Gasteiger partial charge in [-0.05, 0) is 0 Å². The van der Waals surface area contributed by atoms with Gasteiger partial charge in [-0.2, -0.15) is 4.98 Å². The quantitative estimate of drug-likeness (QED) is 0.393. The molecule has 13 heteroatoms. The van der Waals surface area contributed by atoms with E-state index in [1.54, 1.807) is 6.92 Å². The number of nitro groups is 1. The van der Waals surface area contributed by atoms with E-state index in [1.807, 2.05) is 0 Å². The molecule has 1 aromatic heterocycles. The van der Waals surface area contributed by atoms with Crippen LogP contribution < -0.4 is 0 Å². The molecule has 0 aromatic carbocycles. The number of halogens is 3. The Bertz CT molecular complexity index is 792. The van der Waals surface area contributed by atoms with Crippen molar-refractivity contribution in [1.29, 1.82) is 0 Å². The van der Waals surface area contributed by atoms with Gasteiger partial charge < -0.3 is 14.0 Å². The van der Waals surface area contributed by atoms with E-state index < -0.39 is 33.8 Å². The molecule has 0 amide bonds. The van der Waals surface area contributed by atoms with Crippen molar-refractivity contribution in [2.45, 2.75) is 41.2 Å². The van der Waals surface area contributed by atoms with E-state index in [0.29, 0.717) is 0 Å². The van der Waals surface area contributed by atoms with Crippen LogP contribution in [0.25, 0.3) is 0 Å². The molecule has 1 saturated carbocycles. The van der Waals surface area contributed by atoms with Gasteiger partial charge in [0.2, 0.25) is 6.04 Å². The first kappa shape index (κ1) is 20.1. The largest absolute Gasteiger partial charge is 0.477 e. The summed E-state index contributed by atoms with van der Waals surface area (Å²) in [4.78, 5) is 24.4. The third-order valence-corrected chi connectivity index (χ3v) is 5.28. The van der Waals surface area contributed by atoms with Gasteiger partial charge in [0, 0.05) is 17.3 Å². The van der Waals surface area contributed by atoms with Crippen LogP contribution in [0.4, 0.5) is 0 Å². The van der Waals surface area contributed by atoms with Crippen LogP contribution in [0.5, 0.6) is 0 Å². The highest BCUT2D eigenvalue weighted by Gasteiger charge is 2.52. The van der Waals surface area contributed by atoms with Gasteiger partial charge in [-0.25, -0.2) is 9.98 Å². The number of ether oxygens (including phenoxy) is 2. The Morgan fingerprint density at radius 3 is 2.37 bits per heavy atom. The monoisotopic (exact) mass is 439 g/mol. The minimum absolute atomic E-state index is 0.167. The lowest BCUT2D eigenvalue weighted by atomic mass is 9.71. The molecule has 148 valence electrons. The lowest BCUT2D eigenvalue weighted by Gasteiger charge is -2.39. The van der Waals surface area contributed by atoms with Crippen LogP contribution in [0, 0.1) is 16.0 Å². The molecular formula is C14H16Cl3N5O5. The van der Waals surface area contributed by atoms with Crippen LogP contribution in [0.2, 0.25) is 0 Å². The van der Waals surface area contributed by atoms with Crippen molar-refractivity contribution in [3.8, 4) is 0 Å². The van der Waals surface area contributed by atoms with Crippen LogP contribution in [0.1, 0.15) is 31.0 Å². The second kappa shape index (κ2) is 7.40. The summed E-state index contributed by atoms with van der Waals surface area (Å²) in [7, 11) is 2.86. The highest BCUT2D eigenvalue weighted by atomic mass is 35.6. The van der Waals surface area contributed by atoms with Gasteiger partial charge in [0.1, 0.15) is 0 Å². The predicted octanol–water partition coefficient (Wildman–Crippen LogP) is 2.51. The third-order valence-electron chi connectivity index (χ3n) is 4.79. The number of hydrogen-bond donors (Lipinski definition) is 0. The Hall–Kier alpha value is -1.65. The summed E-state index contributed by atoms with van der Waals surface area (Å²) < 4.78 is 13.5. The first-order valence-electron chi connectivity index (χ1n) is 7.95. The number of fused-ring (bicyclic) bond motifs is 1. The highest BCUT2D eigenvalue weighted by Crippen LogP contribution is 2.44. The molecule has 0 N–H and O–H groups in total. The Morgan fingerprint density at radius 2 is 1.85 bits per heavy atom. The van der Waals surface area contributed by atoms with Crippen molar-refractivity contribution in [2.24, 2.45) is 15.9 Å². The number of hydrogen-bond acceptors (Lipinski definition) is 9. The van der Waals surface area contributed by atoms with Crippen molar-refractivity contribution in [3.05, 3.63) is 21.8 Å².